The average Bonchev–Trinajstić information content (AvgIpc) is 2.35. The number of rotatable bonds is 2. The smallest absolute Gasteiger partial charge is 0.227 e. The van der Waals surface area contributed by atoms with E-state index in [4.69, 9.17) is 4.98 Å². The van der Waals surface area contributed by atoms with E-state index in [2.05, 4.69) is 29.3 Å². The Balaban J connectivity index is 1.72. The number of para-hydroxylation sites is 1. The SMILES string of the molecule is Cc1cc(N2CC(C(=O)NC(C)(C)C)C2)nc2ccccc12. The highest BCUT2D eigenvalue weighted by molar-refractivity contribution is 5.85. The zero-order valence-corrected chi connectivity index (χ0v) is 13.7. The van der Waals surface area contributed by atoms with Crippen molar-refractivity contribution in [2.24, 2.45) is 5.92 Å². The molecule has 0 unspecified atom stereocenters. The molecule has 2 aromatic rings. The van der Waals surface area contributed by atoms with Gasteiger partial charge in [0.05, 0.1) is 11.4 Å². The molecule has 4 heteroatoms. The molecule has 2 heterocycles. The molecule has 0 radical (unpaired) electrons. The number of nitrogens with one attached hydrogen (secondary N) is 1. The van der Waals surface area contributed by atoms with Crippen LogP contribution in [0.25, 0.3) is 10.9 Å². The summed E-state index contributed by atoms with van der Waals surface area (Å²) >= 11 is 0. The van der Waals surface area contributed by atoms with Crippen molar-refractivity contribution in [1.29, 1.82) is 0 Å². The lowest BCUT2D eigenvalue weighted by Crippen LogP contribution is -2.56. The largest absolute Gasteiger partial charge is 0.355 e. The van der Waals surface area contributed by atoms with Gasteiger partial charge in [-0.15, -0.1) is 0 Å². The summed E-state index contributed by atoms with van der Waals surface area (Å²) < 4.78 is 0. The highest BCUT2D eigenvalue weighted by Gasteiger charge is 2.35. The molecule has 1 fully saturated rings. The van der Waals surface area contributed by atoms with Crippen LogP contribution in [0.2, 0.25) is 0 Å². The normalized spacial score (nSPS) is 15.7. The molecule has 1 aromatic heterocycles. The fourth-order valence-corrected chi connectivity index (χ4v) is 2.80. The van der Waals surface area contributed by atoms with E-state index in [1.54, 1.807) is 0 Å². The number of aryl methyl sites for hydroxylation is 1. The van der Waals surface area contributed by atoms with E-state index in [0.717, 1.165) is 24.4 Å². The second-order valence-corrected chi connectivity index (χ2v) is 7.16. The number of amides is 1. The number of carbonyl (C=O) groups excluding carboxylic acids is 1. The summed E-state index contributed by atoms with van der Waals surface area (Å²) in [6.45, 7) is 9.62. The highest BCUT2D eigenvalue weighted by atomic mass is 16.2. The molecule has 0 bridgehead atoms. The maximum Gasteiger partial charge on any atom is 0.227 e. The van der Waals surface area contributed by atoms with E-state index in [-0.39, 0.29) is 17.4 Å². The van der Waals surface area contributed by atoms with E-state index in [0.29, 0.717) is 0 Å². The molecule has 0 spiro atoms. The zero-order chi connectivity index (χ0) is 15.9. The Morgan fingerprint density at radius 2 is 1.95 bits per heavy atom. The molecule has 0 saturated carbocycles. The maximum absolute atomic E-state index is 12.1. The summed E-state index contributed by atoms with van der Waals surface area (Å²) in [6, 6.07) is 10.3. The minimum atomic E-state index is -0.171. The molecular weight excluding hydrogens is 274 g/mol. The first-order chi connectivity index (χ1) is 10.3. The number of hydrogen-bond acceptors (Lipinski definition) is 3. The predicted octanol–water partition coefficient (Wildman–Crippen LogP) is 2.89. The predicted molar refractivity (Wildman–Crippen MR) is 90.1 cm³/mol. The highest BCUT2D eigenvalue weighted by Crippen LogP contribution is 2.27. The standard InChI is InChI=1S/C18H23N3O/c1-12-9-16(19-15-8-6-5-7-14(12)15)21-10-13(11-21)17(22)20-18(2,3)4/h5-9,13H,10-11H2,1-4H3,(H,20,22). The van der Waals surface area contributed by atoms with Gasteiger partial charge in [-0.05, 0) is 45.4 Å². The van der Waals surface area contributed by atoms with Gasteiger partial charge in [0.15, 0.2) is 0 Å². The van der Waals surface area contributed by atoms with Gasteiger partial charge in [0.1, 0.15) is 5.82 Å². The molecule has 0 atom stereocenters. The molecule has 1 amide bonds. The summed E-state index contributed by atoms with van der Waals surface area (Å²) in [7, 11) is 0. The fraction of sp³-hybridized carbons (Fsp3) is 0.444. The first-order valence-corrected chi connectivity index (χ1v) is 7.77. The van der Waals surface area contributed by atoms with Gasteiger partial charge < -0.3 is 10.2 Å². The van der Waals surface area contributed by atoms with Crippen molar-refractivity contribution >= 4 is 22.6 Å². The first-order valence-electron chi connectivity index (χ1n) is 7.77. The number of aromatic nitrogens is 1. The van der Waals surface area contributed by atoms with Crippen LogP contribution in [0.1, 0.15) is 26.3 Å². The van der Waals surface area contributed by atoms with Crippen molar-refractivity contribution in [1.82, 2.24) is 10.3 Å². The van der Waals surface area contributed by atoms with E-state index < -0.39 is 0 Å². The average molecular weight is 297 g/mol. The van der Waals surface area contributed by atoms with Crippen LogP contribution >= 0.6 is 0 Å². The van der Waals surface area contributed by atoms with Crippen molar-refractivity contribution in [3.63, 3.8) is 0 Å². The molecule has 22 heavy (non-hydrogen) atoms. The Hall–Kier alpha value is -2.10. The van der Waals surface area contributed by atoms with Crippen LogP contribution in [-0.4, -0.2) is 29.5 Å². The quantitative estimate of drug-likeness (QED) is 0.927. The second-order valence-electron chi connectivity index (χ2n) is 7.16. The first kappa shape index (κ1) is 14.8. The van der Waals surface area contributed by atoms with Crippen molar-refractivity contribution in [3.05, 3.63) is 35.9 Å². The van der Waals surface area contributed by atoms with Gasteiger partial charge in [0.2, 0.25) is 5.91 Å². The van der Waals surface area contributed by atoms with Crippen LogP contribution in [0, 0.1) is 12.8 Å². The molecular formula is C18H23N3O. The summed E-state index contributed by atoms with van der Waals surface area (Å²) in [5, 5.41) is 4.24. The Morgan fingerprint density at radius 3 is 2.64 bits per heavy atom. The topological polar surface area (TPSA) is 45.2 Å². The van der Waals surface area contributed by atoms with E-state index in [1.807, 2.05) is 39.0 Å². The lowest BCUT2D eigenvalue weighted by atomic mass is 9.97. The number of benzene rings is 1. The van der Waals surface area contributed by atoms with Crippen molar-refractivity contribution < 1.29 is 4.79 Å². The van der Waals surface area contributed by atoms with Crippen LogP contribution < -0.4 is 10.2 Å². The summed E-state index contributed by atoms with van der Waals surface area (Å²) in [4.78, 5) is 19.0. The third-order valence-corrected chi connectivity index (χ3v) is 3.98. The number of hydrogen-bond donors (Lipinski definition) is 1. The van der Waals surface area contributed by atoms with Gasteiger partial charge in [-0.2, -0.15) is 0 Å². The Morgan fingerprint density at radius 1 is 1.27 bits per heavy atom. The van der Waals surface area contributed by atoms with Gasteiger partial charge in [-0.1, -0.05) is 18.2 Å². The van der Waals surface area contributed by atoms with Crippen LogP contribution in [0.4, 0.5) is 5.82 Å². The Bertz CT molecular complexity index is 712. The van der Waals surface area contributed by atoms with Crippen LogP contribution in [0.3, 0.4) is 0 Å². The fourth-order valence-electron chi connectivity index (χ4n) is 2.80. The molecule has 1 N–H and O–H groups in total. The number of nitrogens with zero attached hydrogens (tertiary/aromatic N) is 2. The van der Waals surface area contributed by atoms with Crippen LogP contribution in [0.5, 0.6) is 0 Å². The number of anilines is 1. The van der Waals surface area contributed by atoms with Gasteiger partial charge in [-0.3, -0.25) is 4.79 Å². The van der Waals surface area contributed by atoms with Gasteiger partial charge >= 0.3 is 0 Å². The molecule has 0 aliphatic carbocycles. The van der Waals surface area contributed by atoms with Crippen molar-refractivity contribution in [3.8, 4) is 0 Å². The molecule has 116 valence electrons. The third-order valence-electron chi connectivity index (χ3n) is 3.98. The monoisotopic (exact) mass is 297 g/mol. The zero-order valence-electron chi connectivity index (χ0n) is 13.7. The number of pyridine rings is 1. The van der Waals surface area contributed by atoms with Gasteiger partial charge in [0, 0.05) is 24.0 Å². The van der Waals surface area contributed by atoms with E-state index in [9.17, 15) is 4.79 Å². The van der Waals surface area contributed by atoms with Crippen molar-refractivity contribution in [2.45, 2.75) is 33.2 Å². The Labute approximate surface area is 131 Å². The van der Waals surface area contributed by atoms with Crippen molar-refractivity contribution in [2.75, 3.05) is 18.0 Å². The molecule has 4 nitrogen and oxygen atoms in total. The third kappa shape index (κ3) is 2.91. The van der Waals surface area contributed by atoms with E-state index in [1.165, 1.54) is 10.9 Å². The molecule has 1 aliphatic heterocycles. The van der Waals surface area contributed by atoms with Crippen LogP contribution in [0.15, 0.2) is 30.3 Å². The minimum absolute atomic E-state index is 0.0628. The Kier molecular flexibility index (Phi) is 3.55. The van der Waals surface area contributed by atoms with Gasteiger partial charge in [-0.25, -0.2) is 4.98 Å². The molecule has 1 aliphatic rings. The number of fused-ring (bicyclic) bond motifs is 1. The van der Waals surface area contributed by atoms with E-state index >= 15 is 0 Å². The lowest BCUT2D eigenvalue weighted by molar-refractivity contribution is -0.127. The summed E-state index contributed by atoms with van der Waals surface area (Å²) in [6.07, 6.45) is 0. The van der Waals surface area contributed by atoms with Crippen LogP contribution in [-0.2, 0) is 4.79 Å². The lowest BCUT2D eigenvalue weighted by Gasteiger charge is -2.40. The summed E-state index contributed by atoms with van der Waals surface area (Å²) in [5.74, 6) is 1.17. The van der Waals surface area contributed by atoms with Gasteiger partial charge in [0.25, 0.3) is 0 Å². The number of carbonyl (C=O) groups is 1. The molecule has 3 rings (SSSR count). The second kappa shape index (κ2) is 5.27. The molecule has 1 aromatic carbocycles. The minimum Gasteiger partial charge on any atom is -0.355 e. The molecule has 1 saturated heterocycles. The summed E-state index contributed by atoms with van der Waals surface area (Å²) in [5.41, 5.74) is 2.07. The maximum atomic E-state index is 12.1.